The molecule has 1 fully saturated rings. The van der Waals surface area contributed by atoms with Gasteiger partial charge in [0.1, 0.15) is 6.04 Å². The van der Waals surface area contributed by atoms with Crippen molar-refractivity contribution in [2.75, 3.05) is 19.6 Å². The average Bonchev–Trinajstić information content (AvgIpc) is 2.98. The summed E-state index contributed by atoms with van der Waals surface area (Å²) < 4.78 is 0. The van der Waals surface area contributed by atoms with E-state index in [0.29, 0.717) is 19.6 Å². The summed E-state index contributed by atoms with van der Waals surface area (Å²) in [6, 6.07) is 1.47. The molecule has 1 saturated heterocycles. The first-order chi connectivity index (χ1) is 9.16. The van der Waals surface area contributed by atoms with Crippen LogP contribution >= 0.6 is 11.3 Å². The maximum Gasteiger partial charge on any atom is 0.264 e. The van der Waals surface area contributed by atoms with Crippen LogP contribution in [0.1, 0.15) is 26.5 Å². The van der Waals surface area contributed by atoms with E-state index < -0.39 is 11.9 Å². The third kappa shape index (κ3) is 2.26. The molecule has 0 spiro atoms. The van der Waals surface area contributed by atoms with Crippen molar-refractivity contribution in [2.24, 2.45) is 5.73 Å². The third-order valence-electron chi connectivity index (χ3n) is 3.79. The predicted molar refractivity (Wildman–Crippen MR) is 73.2 cm³/mol. The van der Waals surface area contributed by atoms with Gasteiger partial charge >= 0.3 is 0 Å². The summed E-state index contributed by atoms with van der Waals surface area (Å²) in [6.07, 6.45) is 3.33. The Hall–Kier alpha value is -1.40. The number of hydrogen-bond acceptors (Lipinski definition) is 4. The summed E-state index contributed by atoms with van der Waals surface area (Å²) in [7, 11) is 0. The molecular formula is C13H17N3O2S. The van der Waals surface area contributed by atoms with Gasteiger partial charge in [-0.3, -0.25) is 9.59 Å². The highest BCUT2D eigenvalue weighted by Gasteiger charge is 2.32. The molecule has 1 aromatic rings. The molecule has 1 atom stereocenters. The van der Waals surface area contributed by atoms with E-state index in [1.807, 2.05) is 6.07 Å². The molecule has 19 heavy (non-hydrogen) atoms. The van der Waals surface area contributed by atoms with Crippen LogP contribution in [-0.4, -0.2) is 42.4 Å². The number of hydrogen-bond donors (Lipinski definition) is 2. The maximum atomic E-state index is 12.5. The minimum absolute atomic E-state index is 0.0512. The van der Waals surface area contributed by atoms with Crippen LogP contribution in [0.4, 0.5) is 0 Å². The van der Waals surface area contributed by atoms with Crippen molar-refractivity contribution in [3.8, 4) is 0 Å². The van der Waals surface area contributed by atoms with Crippen LogP contribution in [0, 0.1) is 0 Å². The molecule has 102 valence electrons. The zero-order valence-corrected chi connectivity index (χ0v) is 11.5. The fourth-order valence-corrected chi connectivity index (χ4v) is 3.99. The molecule has 0 radical (unpaired) electrons. The van der Waals surface area contributed by atoms with E-state index in [-0.39, 0.29) is 5.91 Å². The Balaban J connectivity index is 1.83. The summed E-state index contributed by atoms with van der Waals surface area (Å²) >= 11 is 1.57. The number of aryl methyl sites for hydroxylation is 2. The third-order valence-corrected chi connectivity index (χ3v) is 5.02. The first kappa shape index (κ1) is 12.6. The van der Waals surface area contributed by atoms with Gasteiger partial charge in [-0.15, -0.1) is 11.3 Å². The monoisotopic (exact) mass is 279 g/mol. The van der Waals surface area contributed by atoms with Crippen molar-refractivity contribution in [1.29, 1.82) is 0 Å². The standard InChI is InChI=1S/C13H17N3O2S/c14-12(17)9-7-15-4-5-16(9)13(18)11-6-8-2-1-3-10(8)19-11/h6,9,15H,1-5,7H2,(H2,14,17). The first-order valence-electron chi connectivity index (χ1n) is 6.59. The highest BCUT2D eigenvalue weighted by atomic mass is 32.1. The van der Waals surface area contributed by atoms with Gasteiger partial charge in [0.25, 0.3) is 5.91 Å². The van der Waals surface area contributed by atoms with E-state index in [1.54, 1.807) is 16.2 Å². The van der Waals surface area contributed by atoms with Crippen LogP contribution in [0.15, 0.2) is 6.07 Å². The average molecular weight is 279 g/mol. The number of carbonyl (C=O) groups excluding carboxylic acids is 2. The van der Waals surface area contributed by atoms with Crippen molar-refractivity contribution in [2.45, 2.75) is 25.3 Å². The molecule has 3 N–H and O–H groups in total. The molecule has 1 unspecified atom stereocenters. The second-order valence-electron chi connectivity index (χ2n) is 5.03. The van der Waals surface area contributed by atoms with Gasteiger partial charge in [0.15, 0.2) is 0 Å². The van der Waals surface area contributed by atoms with E-state index in [0.717, 1.165) is 17.7 Å². The summed E-state index contributed by atoms with van der Waals surface area (Å²) in [5.74, 6) is -0.491. The first-order valence-corrected chi connectivity index (χ1v) is 7.41. The summed E-state index contributed by atoms with van der Waals surface area (Å²) in [5.41, 5.74) is 6.68. The highest BCUT2D eigenvalue weighted by molar-refractivity contribution is 7.14. The predicted octanol–water partition coefficient (Wildman–Crippen LogP) is 0.136. The van der Waals surface area contributed by atoms with Crippen molar-refractivity contribution in [1.82, 2.24) is 10.2 Å². The van der Waals surface area contributed by atoms with Crippen LogP contribution in [0.5, 0.6) is 0 Å². The van der Waals surface area contributed by atoms with Gasteiger partial charge in [-0.25, -0.2) is 0 Å². The largest absolute Gasteiger partial charge is 0.368 e. The quantitative estimate of drug-likeness (QED) is 0.808. The fourth-order valence-electron chi connectivity index (χ4n) is 2.78. The Labute approximate surface area is 115 Å². The van der Waals surface area contributed by atoms with Crippen LogP contribution < -0.4 is 11.1 Å². The molecule has 1 aromatic heterocycles. The van der Waals surface area contributed by atoms with Gasteiger partial charge in [0.05, 0.1) is 4.88 Å². The lowest BCUT2D eigenvalue weighted by molar-refractivity contribution is -0.122. The minimum Gasteiger partial charge on any atom is -0.368 e. The Morgan fingerprint density at radius 2 is 2.26 bits per heavy atom. The van der Waals surface area contributed by atoms with Crippen molar-refractivity contribution in [3.05, 3.63) is 21.4 Å². The normalized spacial score (nSPS) is 22.3. The molecule has 5 nitrogen and oxygen atoms in total. The van der Waals surface area contributed by atoms with Crippen LogP contribution in [0.25, 0.3) is 0 Å². The Bertz CT molecular complexity index is 504. The molecule has 6 heteroatoms. The molecule has 1 aliphatic heterocycles. The van der Waals surface area contributed by atoms with Crippen LogP contribution in [-0.2, 0) is 17.6 Å². The van der Waals surface area contributed by atoms with E-state index in [4.69, 9.17) is 5.73 Å². The zero-order chi connectivity index (χ0) is 13.4. The number of amides is 2. The molecule has 3 rings (SSSR count). The van der Waals surface area contributed by atoms with Crippen molar-refractivity contribution >= 4 is 23.2 Å². The Morgan fingerprint density at radius 1 is 1.42 bits per heavy atom. The zero-order valence-electron chi connectivity index (χ0n) is 10.6. The molecular weight excluding hydrogens is 262 g/mol. The number of primary amides is 1. The number of thiophene rings is 1. The Morgan fingerprint density at radius 3 is 3.00 bits per heavy atom. The van der Waals surface area contributed by atoms with E-state index in [9.17, 15) is 9.59 Å². The van der Waals surface area contributed by atoms with Gasteiger partial charge in [0, 0.05) is 24.5 Å². The van der Waals surface area contributed by atoms with E-state index in [2.05, 4.69) is 5.32 Å². The minimum atomic E-state index is -0.529. The van der Waals surface area contributed by atoms with Crippen LogP contribution in [0.2, 0.25) is 0 Å². The lowest BCUT2D eigenvalue weighted by Crippen LogP contribution is -2.58. The highest BCUT2D eigenvalue weighted by Crippen LogP contribution is 2.31. The number of rotatable bonds is 2. The maximum absolute atomic E-state index is 12.5. The second kappa shape index (κ2) is 4.94. The molecule has 2 amide bonds. The topological polar surface area (TPSA) is 75.4 Å². The van der Waals surface area contributed by atoms with Crippen LogP contribution in [0.3, 0.4) is 0 Å². The molecule has 1 aliphatic carbocycles. The fraction of sp³-hybridized carbons (Fsp3) is 0.538. The van der Waals surface area contributed by atoms with Gasteiger partial charge < -0.3 is 16.0 Å². The number of fused-ring (bicyclic) bond motifs is 1. The smallest absolute Gasteiger partial charge is 0.264 e. The molecule has 0 saturated carbocycles. The van der Waals surface area contributed by atoms with E-state index in [1.165, 1.54) is 16.9 Å². The van der Waals surface area contributed by atoms with Gasteiger partial charge in [-0.2, -0.15) is 0 Å². The molecule has 2 heterocycles. The number of nitrogens with zero attached hydrogens (tertiary/aromatic N) is 1. The molecule has 2 aliphatic rings. The van der Waals surface area contributed by atoms with Crippen molar-refractivity contribution in [3.63, 3.8) is 0 Å². The van der Waals surface area contributed by atoms with Gasteiger partial charge in [0.2, 0.25) is 5.91 Å². The van der Waals surface area contributed by atoms with Crippen molar-refractivity contribution < 1.29 is 9.59 Å². The van der Waals surface area contributed by atoms with Gasteiger partial charge in [-0.05, 0) is 30.9 Å². The summed E-state index contributed by atoms with van der Waals surface area (Å²) in [5, 5.41) is 3.10. The summed E-state index contributed by atoms with van der Waals surface area (Å²) in [4.78, 5) is 27.6. The number of piperazine rings is 1. The lowest BCUT2D eigenvalue weighted by atomic mass is 10.1. The number of carbonyl (C=O) groups is 2. The second-order valence-corrected chi connectivity index (χ2v) is 6.17. The summed E-state index contributed by atoms with van der Waals surface area (Å²) in [6.45, 7) is 1.70. The number of nitrogens with one attached hydrogen (secondary N) is 1. The lowest BCUT2D eigenvalue weighted by Gasteiger charge is -2.33. The Kier molecular flexibility index (Phi) is 3.28. The molecule has 0 bridgehead atoms. The SMILES string of the molecule is NC(=O)C1CNCCN1C(=O)c1cc2c(s1)CCC2. The van der Waals surface area contributed by atoms with Gasteiger partial charge in [-0.1, -0.05) is 0 Å². The number of nitrogens with two attached hydrogens (primary N) is 1. The van der Waals surface area contributed by atoms with E-state index >= 15 is 0 Å². The molecule has 0 aromatic carbocycles.